The molecule has 0 fully saturated rings. The molecule has 2 N–H and O–H groups in total. The first-order valence-corrected chi connectivity index (χ1v) is 6.75. The van der Waals surface area contributed by atoms with E-state index in [1.54, 1.807) is 13.1 Å². The highest BCUT2D eigenvalue weighted by Crippen LogP contribution is 2.16. The van der Waals surface area contributed by atoms with Crippen LogP contribution in [-0.2, 0) is 16.4 Å². The van der Waals surface area contributed by atoms with Crippen LogP contribution in [0.5, 0.6) is 0 Å². The van der Waals surface area contributed by atoms with E-state index in [-0.39, 0.29) is 11.5 Å². The summed E-state index contributed by atoms with van der Waals surface area (Å²) in [5.74, 6) is 0.626. The summed E-state index contributed by atoms with van der Waals surface area (Å²) in [7, 11) is -2.94. The fourth-order valence-corrected chi connectivity index (χ4v) is 1.97. The minimum absolute atomic E-state index is 0.0943. The van der Waals surface area contributed by atoms with Crippen LogP contribution in [0.3, 0.4) is 0 Å². The van der Waals surface area contributed by atoms with Crippen molar-refractivity contribution in [3.05, 3.63) is 10.7 Å². The van der Waals surface area contributed by atoms with Crippen molar-refractivity contribution in [3.8, 4) is 0 Å². The Morgan fingerprint density at radius 1 is 1.64 bits per heavy atom. The van der Waals surface area contributed by atoms with Crippen LogP contribution >= 0.6 is 15.9 Å². The normalized spacial score (nSPS) is 11.9. The fourth-order valence-electron chi connectivity index (χ4n) is 0.903. The van der Waals surface area contributed by atoms with Crippen LogP contribution in [0.25, 0.3) is 0 Å². The molecule has 7 heteroatoms. The van der Waals surface area contributed by atoms with Crippen LogP contribution in [0.15, 0.2) is 10.7 Å². The predicted octanol–water partition coefficient (Wildman–Crippen LogP) is 0.662. The van der Waals surface area contributed by atoms with Gasteiger partial charge in [0.15, 0.2) is 15.7 Å². The van der Waals surface area contributed by atoms with Crippen molar-refractivity contribution in [3.63, 3.8) is 0 Å². The molecule has 1 aromatic heterocycles. The molecule has 0 saturated heterocycles. The first kappa shape index (κ1) is 11.5. The van der Waals surface area contributed by atoms with Gasteiger partial charge in [-0.15, -0.1) is 0 Å². The molecule has 80 valence electrons. The molecular formula is C7H12BrN3O2S. The van der Waals surface area contributed by atoms with Gasteiger partial charge in [0.25, 0.3) is 0 Å². The summed E-state index contributed by atoms with van der Waals surface area (Å²) in [5.41, 5.74) is 5.48. The number of aromatic nitrogens is 2. The Balaban J connectivity index is 2.63. The molecule has 0 aromatic carbocycles. The summed E-state index contributed by atoms with van der Waals surface area (Å²) in [4.78, 5) is 0. The average molecular weight is 282 g/mol. The number of nitrogens with two attached hydrogens (primary N) is 1. The van der Waals surface area contributed by atoms with Gasteiger partial charge in [0, 0.05) is 11.9 Å². The molecule has 14 heavy (non-hydrogen) atoms. The van der Waals surface area contributed by atoms with Crippen molar-refractivity contribution >= 4 is 31.6 Å². The van der Waals surface area contributed by atoms with E-state index >= 15 is 0 Å². The van der Waals surface area contributed by atoms with Gasteiger partial charge in [-0.05, 0) is 15.9 Å². The lowest BCUT2D eigenvalue weighted by Gasteiger charge is -2.00. The molecule has 0 spiro atoms. The predicted molar refractivity (Wildman–Crippen MR) is 58.7 cm³/mol. The molecule has 1 heterocycles. The second kappa shape index (κ2) is 4.31. The van der Waals surface area contributed by atoms with E-state index in [2.05, 4.69) is 21.0 Å². The number of anilines is 1. The fraction of sp³-hybridized carbons (Fsp3) is 0.571. The third-order valence-corrected chi connectivity index (χ3v) is 4.11. The van der Waals surface area contributed by atoms with E-state index in [0.717, 1.165) is 0 Å². The van der Waals surface area contributed by atoms with Gasteiger partial charge < -0.3 is 5.73 Å². The summed E-state index contributed by atoms with van der Waals surface area (Å²) in [5, 5.41) is 3.93. The Morgan fingerprint density at radius 3 is 2.71 bits per heavy atom. The van der Waals surface area contributed by atoms with E-state index < -0.39 is 9.84 Å². The molecule has 1 aromatic rings. The Bertz CT molecular complexity index is 393. The van der Waals surface area contributed by atoms with Gasteiger partial charge in [-0.2, -0.15) is 5.10 Å². The van der Waals surface area contributed by atoms with E-state index in [1.807, 2.05) is 0 Å². The van der Waals surface area contributed by atoms with Gasteiger partial charge in [0.1, 0.15) is 0 Å². The summed E-state index contributed by atoms with van der Waals surface area (Å²) >= 11 is 3.20. The second-order valence-corrected chi connectivity index (χ2v) is 6.19. The molecular weight excluding hydrogens is 270 g/mol. The summed E-state index contributed by atoms with van der Waals surface area (Å²) in [6.07, 6.45) is 1.67. The lowest BCUT2D eigenvalue weighted by Crippen LogP contribution is -2.15. The quantitative estimate of drug-likeness (QED) is 0.880. The largest absolute Gasteiger partial charge is 0.381 e. The monoisotopic (exact) mass is 281 g/mol. The van der Waals surface area contributed by atoms with Crippen molar-refractivity contribution in [2.75, 3.05) is 17.2 Å². The van der Waals surface area contributed by atoms with E-state index in [4.69, 9.17) is 5.73 Å². The molecule has 0 aliphatic rings. The van der Waals surface area contributed by atoms with Gasteiger partial charge in [-0.1, -0.05) is 6.92 Å². The molecule has 0 unspecified atom stereocenters. The zero-order valence-electron chi connectivity index (χ0n) is 7.77. The van der Waals surface area contributed by atoms with Crippen LogP contribution in [0.2, 0.25) is 0 Å². The van der Waals surface area contributed by atoms with Crippen LogP contribution in [0, 0.1) is 0 Å². The summed E-state index contributed by atoms with van der Waals surface area (Å²) < 4.78 is 24.6. The molecule has 1 rings (SSSR count). The van der Waals surface area contributed by atoms with Crippen LogP contribution in [0.1, 0.15) is 6.92 Å². The molecule has 0 aliphatic heterocycles. The zero-order chi connectivity index (χ0) is 10.8. The number of sulfone groups is 1. The third kappa shape index (κ3) is 2.98. The maximum absolute atomic E-state index is 11.2. The smallest absolute Gasteiger partial charge is 0.159 e. The highest BCUT2D eigenvalue weighted by atomic mass is 79.9. The maximum Gasteiger partial charge on any atom is 0.159 e. The first-order valence-electron chi connectivity index (χ1n) is 4.13. The van der Waals surface area contributed by atoms with Gasteiger partial charge in [-0.3, -0.25) is 4.68 Å². The first-order chi connectivity index (χ1) is 6.44. The van der Waals surface area contributed by atoms with Crippen molar-refractivity contribution in [2.45, 2.75) is 13.5 Å². The van der Waals surface area contributed by atoms with E-state index in [1.165, 1.54) is 4.68 Å². The minimum Gasteiger partial charge on any atom is -0.381 e. The maximum atomic E-state index is 11.2. The van der Waals surface area contributed by atoms with Crippen LogP contribution in [0.4, 0.5) is 5.82 Å². The zero-order valence-corrected chi connectivity index (χ0v) is 10.2. The van der Waals surface area contributed by atoms with Crippen molar-refractivity contribution < 1.29 is 8.42 Å². The molecule has 5 nitrogen and oxygen atoms in total. The Kier molecular flexibility index (Phi) is 3.54. The number of nitrogens with zero attached hydrogens (tertiary/aromatic N) is 2. The molecule has 0 aliphatic carbocycles. The number of aryl methyl sites for hydroxylation is 1. The standard InChI is InChI=1S/C7H12BrN3O2S/c1-2-14(12,13)4-3-11-5-6(8)7(9)10-11/h5H,2-4H2,1H3,(H2,9,10). The molecule has 0 amide bonds. The van der Waals surface area contributed by atoms with Gasteiger partial charge >= 0.3 is 0 Å². The van der Waals surface area contributed by atoms with Crippen molar-refractivity contribution in [1.82, 2.24) is 9.78 Å². The van der Waals surface area contributed by atoms with E-state index in [9.17, 15) is 8.42 Å². The van der Waals surface area contributed by atoms with Gasteiger partial charge in [0.05, 0.1) is 16.8 Å². The summed E-state index contributed by atoms with van der Waals surface area (Å²) in [6, 6.07) is 0. The van der Waals surface area contributed by atoms with Gasteiger partial charge in [-0.25, -0.2) is 8.42 Å². The number of hydrogen-bond donors (Lipinski definition) is 1. The minimum atomic E-state index is -2.94. The van der Waals surface area contributed by atoms with Crippen LogP contribution < -0.4 is 5.73 Å². The van der Waals surface area contributed by atoms with Crippen molar-refractivity contribution in [1.29, 1.82) is 0 Å². The Labute approximate surface area is 91.3 Å². The highest BCUT2D eigenvalue weighted by molar-refractivity contribution is 9.10. The molecule has 0 atom stereocenters. The molecule has 0 bridgehead atoms. The second-order valence-electron chi connectivity index (χ2n) is 2.86. The van der Waals surface area contributed by atoms with Crippen molar-refractivity contribution in [2.24, 2.45) is 0 Å². The Hall–Kier alpha value is -0.560. The number of halogens is 1. The Morgan fingerprint density at radius 2 is 2.29 bits per heavy atom. The third-order valence-electron chi connectivity index (χ3n) is 1.81. The molecule has 0 radical (unpaired) electrons. The topological polar surface area (TPSA) is 78.0 Å². The highest BCUT2D eigenvalue weighted by Gasteiger charge is 2.09. The number of nitrogen functional groups attached to an aromatic ring is 1. The summed E-state index contributed by atoms with van der Waals surface area (Å²) in [6.45, 7) is 1.97. The van der Waals surface area contributed by atoms with Crippen LogP contribution in [-0.4, -0.2) is 29.7 Å². The van der Waals surface area contributed by atoms with Gasteiger partial charge in [0.2, 0.25) is 0 Å². The molecule has 0 saturated carbocycles. The lowest BCUT2D eigenvalue weighted by atomic mass is 10.6. The lowest BCUT2D eigenvalue weighted by molar-refractivity contribution is 0.582. The van der Waals surface area contributed by atoms with E-state index in [0.29, 0.717) is 16.8 Å². The number of hydrogen-bond acceptors (Lipinski definition) is 4. The number of rotatable bonds is 4. The average Bonchev–Trinajstić information content (AvgIpc) is 2.44. The SMILES string of the molecule is CCS(=O)(=O)CCn1cc(Br)c(N)n1.